The van der Waals surface area contributed by atoms with Gasteiger partial charge in [0.2, 0.25) is 0 Å². The van der Waals surface area contributed by atoms with Crippen molar-refractivity contribution in [1.82, 2.24) is 5.32 Å². The number of nitrogens with one attached hydrogen (secondary N) is 1. The standard InChI is InChI=1S/C22H37NO/c1-6-7-17-23-18-16-21(5)12-9-11-20(4)14-15-22(24)13-8-10-19(2)3/h6,10-11,16,23H,1,7-9,12-15,17-18H2,2-5H3. The molecule has 0 spiro atoms. The fourth-order valence-corrected chi connectivity index (χ4v) is 2.29. The molecule has 0 saturated heterocycles. The van der Waals surface area contributed by atoms with Gasteiger partial charge in [0.25, 0.3) is 0 Å². The molecule has 0 aliphatic heterocycles. The van der Waals surface area contributed by atoms with E-state index in [1.54, 1.807) is 0 Å². The summed E-state index contributed by atoms with van der Waals surface area (Å²) in [5.41, 5.74) is 4.05. The maximum Gasteiger partial charge on any atom is 0.133 e. The van der Waals surface area contributed by atoms with Gasteiger partial charge < -0.3 is 5.32 Å². The van der Waals surface area contributed by atoms with Crippen molar-refractivity contribution >= 4 is 5.78 Å². The van der Waals surface area contributed by atoms with Crippen LogP contribution in [-0.2, 0) is 4.79 Å². The van der Waals surface area contributed by atoms with E-state index in [2.05, 4.69) is 57.8 Å². The average molecular weight is 332 g/mol. The van der Waals surface area contributed by atoms with Crippen molar-refractivity contribution in [2.45, 2.75) is 72.6 Å². The monoisotopic (exact) mass is 331 g/mol. The van der Waals surface area contributed by atoms with Gasteiger partial charge in [-0.15, -0.1) is 6.58 Å². The van der Waals surface area contributed by atoms with Gasteiger partial charge in [-0.25, -0.2) is 0 Å². The van der Waals surface area contributed by atoms with Crippen LogP contribution in [0.2, 0.25) is 0 Å². The van der Waals surface area contributed by atoms with Crippen molar-refractivity contribution < 1.29 is 4.79 Å². The number of carbonyl (C=O) groups is 1. The molecule has 0 saturated carbocycles. The molecule has 0 bridgehead atoms. The summed E-state index contributed by atoms with van der Waals surface area (Å²) in [5.74, 6) is 0.377. The van der Waals surface area contributed by atoms with E-state index in [4.69, 9.17) is 0 Å². The Balaban J connectivity index is 3.85. The van der Waals surface area contributed by atoms with Crippen molar-refractivity contribution in [2.24, 2.45) is 0 Å². The lowest BCUT2D eigenvalue weighted by Crippen LogP contribution is -2.14. The zero-order valence-electron chi connectivity index (χ0n) is 16.3. The van der Waals surface area contributed by atoms with Crippen molar-refractivity contribution in [2.75, 3.05) is 13.1 Å². The highest BCUT2D eigenvalue weighted by molar-refractivity contribution is 5.78. The Morgan fingerprint density at radius 2 is 1.50 bits per heavy atom. The van der Waals surface area contributed by atoms with Gasteiger partial charge in [-0.05, 0) is 66.3 Å². The van der Waals surface area contributed by atoms with Gasteiger partial charge >= 0.3 is 0 Å². The van der Waals surface area contributed by atoms with Crippen LogP contribution in [0.15, 0.2) is 47.6 Å². The van der Waals surface area contributed by atoms with E-state index in [1.807, 2.05) is 6.08 Å². The molecular formula is C22H37NO. The third-order valence-electron chi connectivity index (χ3n) is 3.93. The minimum Gasteiger partial charge on any atom is -0.313 e. The lowest BCUT2D eigenvalue weighted by atomic mass is 10.0. The molecule has 2 nitrogen and oxygen atoms in total. The van der Waals surface area contributed by atoms with Crippen molar-refractivity contribution in [1.29, 1.82) is 0 Å². The summed E-state index contributed by atoms with van der Waals surface area (Å²) in [7, 11) is 0. The summed E-state index contributed by atoms with van der Waals surface area (Å²) in [5, 5.41) is 3.37. The molecule has 0 unspecified atom stereocenters. The summed E-state index contributed by atoms with van der Waals surface area (Å²) in [6, 6.07) is 0. The van der Waals surface area contributed by atoms with Gasteiger partial charge in [-0.1, -0.05) is 41.0 Å². The number of carbonyl (C=O) groups excluding carboxylic acids is 1. The summed E-state index contributed by atoms with van der Waals surface area (Å²) in [6.07, 6.45) is 14.9. The van der Waals surface area contributed by atoms with Gasteiger partial charge in [0.1, 0.15) is 5.78 Å². The molecule has 0 aromatic heterocycles. The van der Waals surface area contributed by atoms with Crippen LogP contribution < -0.4 is 5.32 Å². The van der Waals surface area contributed by atoms with Crippen molar-refractivity contribution in [3.8, 4) is 0 Å². The Kier molecular flexibility index (Phi) is 14.2. The van der Waals surface area contributed by atoms with Gasteiger partial charge in [-0.3, -0.25) is 4.79 Å². The summed E-state index contributed by atoms with van der Waals surface area (Å²) in [6.45, 7) is 14.1. The molecule has 0 atom stereocenters. The number of allylic oxidation sites excluding steroid dienone is 5. The molecule has 0 fully saturated rings. The molecular weight excluding hydrogens is 294 g/mol. The van der Waals surface area contributed by atoms with Crippen LogP contribution in [0.5, 0.6) is 0 Å². The fourth-order valence-electron chi connectivity index (χ4n) is 2.29. The third-order valence-corrected chi connectivity index (χ3v) is 3.93. The topological polar surface area (TPSA) is 29.1 Å². The van der Waals surface area contributed by atoms with Crippen molar-refractivity contribution in [3.05, 3.63) is 47.6 Å². The summed E-state index contributed by atoms with van der Waals surface area (Å²) >= 11 is 0. The normalized spacial score (nSPS) is 12.2. The minimum absolute atomic E-state index is 0.377. The first-order chi connectivity index (χ1) is 11.5. The van der Waals surface area contributed by atoms with Crippen LogP contribution >= 0.6 is 0 Å². The highest BCUT2D eigenvalue weighted by atomic mass is 16.1. The number of Topliss-reactive ketones (excluding diaryl/α,β-unsaturated/α-hetero) is 1. The smallest absolute Gasteiger partial charge is 0.133 e. The Hall–Kier alpha value is -1.41. The number of ketones is 1. The molecule has 136 valence electrons. The molecule has 0 heterocycles. The molecule has 0 aliphatic rings. The number of hydrogen-bond acceptors (Lipinski definition) is 2. The first-order valence-corrected chi connectivity index (χ1v) is 9.23. The Morgan fingerprint density at radius 1 is 0.833 bits per heavy atom. The molecule has 0 aliphatic carbocycles. The van der Waals surface area contributed by atoms with Gasteiger partial charge in [-0.2, -0.15) is 0 Å². The van der Waals surface area contributed by atoms with Gasteiger partial charge in [0.05, 0.1) is 0 Å². The first-order valence-electron chi connectivity index (χ1n) is 9.23. The van der Waals surface area contributed by atoms with Gasteiger partial charge in [0.15, 0.2) is 0 Å². The summed E-state index contributed by atoms with van der Waals surface area (Å²) in [4.78, 5) is 11.8. The highest BCUT2D eigenvalue weighted by Crippen LogP contribution is 2.11. The Labute approximate surface area is 149 Å². The van der Waals surface area contributed by atoms with Crippen LogP contribution in [0.25, 0.3) is 0 Å². The number of hydrogen-bond donors (Lipinski definition) is 1. The molecule has 24 heavy (non-hydrogen) atoms. The lowest BCUT2D eigenvalue weighted by molar-refractivity contribution is -0.118. The first kappa shape index (κ1) is 22.6. The predicted molar refractivity (Wildman–Crippen MR) is 107 cm³/mol. The largest absolute Gasteiger partial charge is 0.313 e. The molecule has 0 aromatic rings. The zero-order chi connectivity index (χ0) is 18.2. The van der Waals surface area contributed by atoms with E-state index in [1.165, 1.54) is 16.7 Å². The van der Waals surface area contributed by atoms with Crippen LogP contribution in [0.1, 0.15) is 72.6 Å². The summed E-state index contributed by atoms with van der Waals surface area (Å²) < 4.78 is 0. The fraction of sp³-hybridized carbons (Fsp3) is 0.591. The van der Waals surface area contributed by atoms with E-state index >= 15 is 0 Å². The minimum atomic E-state index is 0.377. The van der Waals surface area contributed by atoms with E-state index in [9.17, 15) is 4.79 Å². The van der Waals surface area contributed by atoms with Crippen molar-refractivity contribution in [3.63, 3.8) is 0 Å². The van der Waals surface area contributed by atoms with E-state index in [-0.39, 0.29) is 0 Å². The SMILES string of the molecule is C=CCCNCC=C(C)CCC=C(C)CCC(=O)CCC=C(C)C. The second-order valence-electron chi connectivity index (χ2n) is 6.78. The molecule has 0 amide bonds. The van der Waals surface area contributed by atoms with Gasteiger partial charge in [0, 0.05) is 19.4 Å². The Bertz CT molecular complexity index is 451. The number of rotatable bonds is 14. The molecule has 1 N–H and O–H groups in total. The van der Waals surface area contributed by atoms with E-state index in [0.717, 1.165) is 45.2 Å². The predicted octanol–water partition coefficient (Wildman–Crippen LogP) is 5.92. The zero-order valence-corrected chi connectivity index (χ0v) is 16.3. The molecule has 0 rings (SSSR count). The van der Waals surface area contributed by atoms with Crippen LogP contribution in [0.4, 0.5) is 0 Å². The second kappa shape index (κ2) is 15.1. The quantitative estimate of drug-likeness (QED) is 0.316. The van der Waals surface area contributed by atoms with E-state index < -0.39 is 0 Å². The third kappa shape index (κ3) is 15.5. The Morgan fingerprint density at radius 3 is 2.17 bits per heavy atom. The lowest BCUT2D eigenvalue weighted by Gasteiger charge is -2.03. The maximum absolute atomic E-state index is 11.8. The average Bonchev–Trinajstić information content (AvgIpc) is 2.52. The van der Waals surface area contributed by atoms with E-state index in [0.29, 0.717) is 18.6 Å². The molecule has 0 radical (unpaired) electrons. The second-order valence-corrected chi connectivity index (χ2v) is 6.78. The molecule has 2 heteroatoms. The van der Waals surface area contributed by atoms with Crippen LogP contribution in [-0.4, -0.2) is 18.9 Å². The van der Waals surface area contributed by atoms with Crippen LogP contribution in [0.3, 0.4) is 0 Å². The van der Waals surface area contributed by atoms with Crippen LogP contribution in [0, 0.1) is 0 Å². The maximum atomic E-state index is 11.8. The highest BCUT2D eigenvalue weighted by Gasteiger charge is 2.01. The molecule has 0 aromatic carbocycles.